The number of nitrogens with one attached hydrogen (secondary N) is 2. The van der Waals surface area contributed by atoms with E-state index in [-0.39, 0.29) is 55.0 Å². The van der Waals surface area contributed by atoms with Gasteiger partial charge in [-0.15, -0.1) is 11.5 Å². The smallest absolute Gasteiger partial charge is 0.262 e. The number of alkyl halides is 1. The van der Waals surface area contributed by atoms with Crippen molar-refractivity contribution in [3.05, 3.63) is 60.4 Å². The lowest BCUT2D eigenvalue weighted by atomic mass is 10.0. The molecular formula is C34H46FN7O11S2. The molecule has 0 fully saturated rings. The Morgan fingerprint density at radius 1 is 0.818 bits per heavy atom. The molecule has 2 atom stereocenters. The summed E-state index contributed by atoms with van der Waals surface area (Å²) in [5.74, 6) is 0.00987. The van der Waals surface area contributed by atoms with Crippen molar-refractivity contribution in [3.63, 3.8) is 0 Å². The molecule has 2 amide bonds. The number of nitrogens with zero attached hydrogens (tertiary/aromatic N) is 5. The topological polar surface area (TPSA) is 232 Å². The van der Waals surface area contributed by atoms with E-state index >= 15 is 0 Å². The first-order valence-corrected chi connectivity index (χ1v) is 19.8. The van der Waals surface area contributed by atoms with Gasteiger partial charge in [0.2, 0.25) is 20.0 Å². The maximum absolute atomic E-state index is 13.8. The van der Waals surface area contributed by atoms with Crippen LogP contribution < -0.4 is 20.4 Å². The molecule has 0 radical (unpaired) electrons. The molecule has 0 aliphatic heterocycles. The standard InChI is InChI=1S/C34H46FN7O11S2/c1-6-16-41(31(24(2)3)33(43)37-45)54(47,48)29-11-7-27(8-12-29)52-20-18-51-19-21-53-28-9-13-30(14-10-28)55(49,50)42(32(25(4)5)34(44)38-46)23-26-22-40(17-15-35)39-36-26/h1,7-14,22,24-25,31-32,45-46H,15-21,23H2,2-5H3,(H,37,43)(H,38,44)/t31-,32+/m1/s1. The van der Waals surface area contributed by atoms with E-state index in [9.17, 15) is 36.0 Å². The van der Waals surface area contributed by atoms with Crippen molar-refractivity contribution < 1.29 is 55.4 Å². The maximum atomic E-state index is 13.8. The van der Waals surface area contributed by atoms with E-state index in [4.69, 9.17) is 25.8 Å². The summed E-state index contributed by atoms with van der Waals surface area (Å²) in [7, 11) is -8.57. The molecule has 18 nitrogen and oxygen atoms in total. The molecular weight excluding hydrogens is 766 g/mol. The van der Waals surface area contributed by atoms with Crippen LogP contribution >= 0.6 is 0 Å². The largest absolute Gasteiger partial charge is 0.491 e. The van der Waals surface area contributed by atoms with Gasteiger partial charge in [0.25, 0.3) is 11.8 Å². The van der Waals surface area contributed by atoms with Crippen LogP contribution in [0.4, 0.5) is 4.39 Å². The lowest BCUT2D eigenvalue weighted by Crippen LogP contribution is -2.51. The fourth-order valence-electron chi connectivity index (χ4n) is 5.41. The summed E-state index contributed by atoms with van der Waals surface area (Å²) in [6.07, 6.45) is 6.75. The van der Waals surface area contributed by atoms with Gasteiger partial charge in [-0.3, -0.25) is 20.0 Å². The number of aryl methyl sites for hydroxylation is 1. The number of halogens is 1. The molecule has 0 spiro atoms. The summed E-state index contributed by atoms with van der Waals surface area (Å²) in [5, 5.41) is 26.2. The number of aromatic nitrogens is 3. The summed E-state index contributed by atoms with van der Waals surface area (Å²) >= 11 is 0. The number of rotatable bonds is 23. The summed E-state index contributed by atoms with van der Waals surface area (Å²) in [5.41, 5.74) is 3.19. The minimum atomic E-state index is -4.35. The number of hydrogen-bond acceptors (Lipinski definition) is 13. The van der Waals surface area contributed by atoms with Crippen molar-refractivity contribution >= 4 is 31.9 Å². The Morgan fingerprint density at radius 2 is 1.27 bits per heavy atom. The molecule has 4 N–H and O–H groups in total. The number of carbonyl (C=O) groups is 2. The average Bonchev–Trinajstić information content (AvgIpc) is 3.60. The highest BCUT2D eigenvalue weighted by atomic mass is 32.2. The summed E-state index contributed by atoms with van der Waals surface area (Å²) in [6.45, 7) is 5.43. The number of sulfonamides is 2. The molecule has 0 unspecified atom stereocenters. The summed E-state index contributed by atoms with van der Waals surface area (Å²) in [6, 6.07) is 8.39. The number of carbonyl (C=O) groups excluding carboxylic acids is 2. The third-order valence-electron chi connectivity index (χ3n) is 7.96. The molecule has 1 aromatic heterocycles. The summed E-state index contributed by atoms with van der Waals surface area (Å²) in [4.78, 5) is 24.6. The predicted octanol–water partition coefficient (Wildman–Crippen LogP) is 1.60. The van der Waals surface area contributed by atoms with Crippen LogP contribution in [0, 0.1) is 24.2 Å². The predicted molar refractivity (Wildman–Crippen MR) is 193 cm³/mol. The van der Waals surface area contributed by atoms with Crippen LogP contribution in [-0.4, -0.2) is 114 Å². The number of hydroxylamine groups is 2. The van der Waals surface area contributed by atoms with Crippen molar-refractivity contribution in [2.45, 2.75) is 62.7 Å². The van der Waals surface area contributed by atoms with E-state index in [0.717, 1.165) is 8.61 Å². The van der Waals surface area contributed by atoms with Gasteiger partial charge in [-0.05, 0) is 60.4 Å². The molecule has 302 valence electrons. The fraction of sp³-hybridized carbons (Fsp3) is 0.471. The number of hydrogen-bond donors (Lipinski definition) is 4. The Hall–Kier alpha value is -4.69. The van der Waals surface area contributed by atoms with Crippen molar-refractivity contribution in [1.29, 1.82) is 0 Å². The molecule has 55 heavy (non-hydrogen) atoms. The quantitative estimate of drug-likeness (QED) is 0.0462. The first-order valence-electron chi connectivity index (χ1n) is 17.0. The second-order valence-corrected chi connectivity index (χ2v) is 16.3. The lowest BCUT2D eigenvalue weighted by Gasteiger charge is -2.31. The van der Waals surface area contributed by atoms with E-state index in [0.29, 0.717) is 11.5 Å². The highest BCUT2D eigenvalue weighted by Crippen LogP contribution is 2.27. The second-order valence-electron chi connectivity index (χ2n) is 12.5. The molecule has 0 aliphatic carbocycles. The summed E-state index contributed by atoms with van der Waals surface area (Å²) < 4.78 is 86.9. The molecule has 21 heteroatoms. The Kier molecular flexibility index (Phi) is 16.9. The minimum absolute atomic E-state index is 0.0820. The normalized spacial score (nSPS) is 13.1. The Labute approximate surface area is 319 Å². The van der Waals surface area contributed by atoms with Crippen LogP contribution in [0.25, 0.3) is 0 Å². The van der Waals surface area contributed by atoms with E-state index in [2.05, 4.69) is 16.2 Å². The van der Waals surface area contributed by atoms with Crippen molar-refractivity contribution in [2.75, 3.05) is 39.6 Å². The molecule has 0 aliphatic rings. The van der Waals surface area contributed by atoms with E-state index in [1.807, 2.05) is 0 Å². The number of ether oxygens (including phenoxy) is 3. The van der Waals surface area contributed by atoms with Gasteiger partial charge in [-0.2, -0.15) is 8.61 Å². The molecule has 1 heterocycles. The molecule has 0 bridgehead atoms. The van der Waals surface area contributed by atoms with Gasteiger partial charge in [-0.1, -0.05) is 38.8 Å². The first kappa shape index (κ1) is 44.7. The van der Waals surface area contributed by atoms with Gasteiger partial charge >= 0.3 is 0 Å². The molecule has 3 aromatic rings. The van der Waals surface area contributed by atoms with Gasteiger partial charge in [0, 0.05) is 6.20 Å². The van der Waals surface area contributed by atoms with Crippen molar-refractivity contribution in [1.82, 2.24) is 34.6 Å². The second kappa shape index (κ2) is 20.8. The van der Waals surface area contributed by atoms with Crippen LogP contribution in [0.1, 0.15) is 33.4 Å². The minimum Gasteiger partial charge on any atom is -0.491 e. The van der Waals surface area contributed by atoms with E-state index < -0.39 is 69.0 Å². The Morgan fingerprint density at radius 3 is 1.69 bits per heavy atom. The zero-order valence-electron chi connectivity index (χ0n) is 30.7. The Bertz CT molecular complexity index is 1960. The van der Waals surface area contributed by atoms with Gasteiger partial charge in [0.05, 0.1) is 48.3 Å². The van der Waals surface area contributed by atoms with Crippen molar-refractivity contribution in [3.8, 4) is 23.8 Å². The van der Waals surface area contributed by atoms with Crippen LogP contribution in [0.5, 0.6) is 11.5 Å². The molecule has 0 saturated carbocycles. The van der Waals surface area contributed by atoms with Crippen LogP contribution in [0.15, 0.2) is 64.5 Å². The highest BCUT2D eigenvalue weighted by molar-refractivity contribution is 7.89. The van der Waals surface area contributed by atoms with E-state index in [1.165, 1.54) is 70.4 Å². The molecule has 0 saturated heterocycles. The number of amides is 2. The third kappa shape index (κ3) is 11.9. The maximum Gasteiger partial charge on any atom is 0.262 e. The molecule has 2 aromatic carbocycles. The lowest BCUT2D eigenvalue weighted by molar-refractivity contribution is -0.135. The van der Waals surface area contributed by atoms with Gasteiger partial charge in [0.1, 0.15) is 43.5 Å². The van der Waals surface area contributed by atoms with Crippen LogP contribution in [0.3, 0.4) is 0 Å². The van der Waals surface area contributed by atoms with Gasteiger partial charge in [0.15, 0.2) is 0 Å². The average molecular weight is 812 g/mol. The monoisotopic (exact) mass is 811 g/mol. The van der Waals surface area contributed by atoms with Crippen molar-refractivity contribution in [2.24, 2.45) is 11.8 Å². The molecule has 3 rings (SSSR count). The first-order chi connectivity index (χ1) is 26.1. The SMILES string of the molecule is C#CCN([C@@H](C(=O)NO)C(C)C)S(=O)(=O)c1ccc(OCCOCCOc2ccc(S(=O)(=O)N(Cc3cn(CCF)nn3)[C@H](C(=O)NO)C(C)C)cc2)cc1. The zero-order chi connectivity index (χ0) is 40.8. The van der Waals surface area contributed by atoms with Gasteiger partial charge in [-0.25, -0.2) is 36.9 Å². The number of terminal acetylenes is 1. The highest BCUT2D eigenvalue weighted by Gasteiger charge is 2.39. The number of benzene rings is 2. The van der Waals surface area contributed by atoms with Gasteiger partial charge < -0.3 is 14.2 Å². The van der Waals surface area contributed by atoms with Crippen LogP contribution in [-0.2, 0) is 47.5 Å². The Balaban J connectivity index is 1.55. The van der Waals surface area contributed by atoms with E-state index in [1.54, 1.807) is 27.7 Å². The third-order valence-corrected chi connectivity index (χ3v) is 11.6. The zero-order valence-corrected chi connectivity index (χ0v) is 32.4. The van der Waals surface area contributed by atoms with Crippen LogP contribution in [0.2, 0.25) is 0 Å². The fourth-order valence-corrected chi connectivity index (χ4v) is 8.74.